The Morgan fingerprint density at radius 2 is 0.932 bits per heavy atom. The third-order valence-electron chi connectivity index (χ3n) is 14.8. The Hall–Kier alpha value is -6.44. The summed E-state index contributed by atoms with van der Waals surface area (Å²) in [5, 5.41) is 0. The zero-order valence-electron chi connectivity index (χ0n) is 33.8. The van der Waals surface area contributed by atoms with Crippen molar-refractivity contribution in [1.82, 2.24) is 0 Å². The van der Waals surface area contributed by atoms with Crippen LogP contribution in [-0.4, -0.2) is 0 Å². The van der Waals surface area contributed by atoms with Crippen molar-refractivity contribution in [2.24, 2.45) is 11.8 Å². The van der Waals surface area contributed by atoms with Gasteiger partial charge in [0.05, 0.1) is 0 Å². The normalized spacial score (nSPS) is 20.0. The lowest BCUT2D eigenvalue weighted by Crippen LogP contribution is -2.31. The molecule has 0 N–H and O–H groups in total. The fourth-order valence-corrected chi connectivity index (χ4v) is 12.0. The van der Waals surface area contributed by atoms with E-state index in [0.29, 0.717) is 0 Å². The molecule has 8 aromatic rings. The highest BCUT2D eigenvalue weighted by Gasteiger charge is 2.57. The predicted molar refractivity (Wildman–Crippen MR) is 247 cm³/mol. The molecule has 12 rings (SSSR count). The van der Waals surface area contributed by atoms with Crippen molar-refractivity contribution in [2.75, 3.05) is 4.90 Å². The first kappa shape index (κ1) is 34.6. The Kier molecular flexibility index (Phi) is 7.64. The molecule has 2 bridgehead atoms. The van der Waals surface area contributed by atoms with Gasteiger partial charge in [0.2, 0.25) is 0 Å². The van der Waals surface area contributed by atoms with E-state index in [2.05, 4.69) is 207 Å². The summed E-state index contributed by atoms with van der Waals surface area (Å²) < 4.78 is 0. The van der Waals surface area contributed by atoms with Gasteiger partial charge < -0.3 is 4.90 Å². The first-order valence-corrected chi connectivity index (χ1v) is 21.6. The highest BCUT2D eigenvalue weighted by atomic mass is 15.1. The van der Waals surface area contributed by atoms with Crippen molar-refractivity contribution in [2.45, 2.75) is 50.4 Å². The van der Waals surface area contributed by atoms with Crippen LogP contribution in [0.5, 0.6) is 0 Å². The van der Waals surface area contributed by atoms with Crippen LogP contribution in [0, 0.1) is 11.8 Å². The number of nitrogens with zero attached hydrogens (tertiary/aromatic N) is 1. The Morgan fingerprint density at radius 3 is 1.59 bits per heavy atom. The van der Waals surface area contributed by atoms with E-state index in [9.17, 15) is 0 Å². The molecule has 3 atom stereocenters. The minimum Gasteiger partial charge on any atom is -0.310 e. The summed E-state index contributed by atoms with van der Waals surface area (Å²) in [6, 6.07) is 70.6. The van der Waals surface area contributed by atoms with Crippen LogP contribution < -0.4 is 4.90 Å². The van der Waals surface area contributed by atoms with Gasteiger partial charge in [-0.05, 0) is 145 Å². The minimum absolute atomic E-state index is 0.0818. The van der Waals surface area contributed by atoms with Gasteiger partial charge in [-0.3, -0.25) is 0 Å². The van der Waals surface area contributed by atoms with E-state index < -0.39 is 0 Å². The Labute approximate surface area is 348 Å². The molecule has 0 radical (unpaired) electrons. The average molecular weight is 758 g/mol. The lowest BCUT2D eigenvalue weighted by molar-refractivity contribution is 0.327. The van der Waals surface area contributed by atoms with Crippen LogP contribution in [0.3, 0.4) is 0 Å². The number of hydrogen-bond acceptors (Lipinski definition) is 1. The summed E-state index contributed by atoms with van der Waals surface area (Å²) in [5.41, 5.74) is 22.7. The van der Waals surface area contributed by atoms with Gasteiger partial charge >= 0.3 is 0 Å². The molecule has 8 aromatic carbocycles. The SMILES string of the molecule is CC1(C)c2ccccc2-c2ccc(N(c3ccc(-c4ccccc4)cc3)c3ccc(-c4ccc(-c5cccc6c5-c5ccccc5C65CC6CCC5C6)cc4)cc3)cc21. The van der Waals surface area contributed by atoms with Gasteiger partial charge in [-0.2, -0.15) is 0 Å². The topological polar surface area (TPSA) is 3.24 Å². The lowest BCUT2D eigenvalue weighted by Gasteiger charge is -2.36. The fourth-order valence-electron chi connectivity index (χ4n) is 12.0. The molecule has 2 saturated carbocycles. The molecule has 1 nitrogen and oxygen atoms in total. The summed E-state index contributed by atoms with van der Waals surface area (Å²) in [5.74, 6) is 1.64. The minimum atomic E-state index is -0.0818. The monoisotopic (exact) mass is 757 g/mol. The van der Waals surface area contributed by atoms with Crippen LogP contribution in [-0.2, 0) is 10.8 Å². The van der Waals surface area contributed by atoms with E-state index in [4.69, 9.17) is 0 Å². The van der Waals surface area contributed by atoms with E-state index in [0.717, 1.165) is 23.2 Å². The molecule has 59 heavy (non-hydrogen) atoms. The van der Waals surface area contributed by atoms with Crippen LogP contribution in [0.25, 0.3) is 55.6 Å². The van der Waals surface area contributed by atoms with Gasteiger partial charge in [-0.25, -0.2) is 0 Å². The maximum atomic E-state index is 2.46. The van der Waals surface area contributed by atoms with Crippen molar-refractivity contribution >= 4 is 17.1 Å². The van der Waals surface area contributed by atoms with Gasteiger partial charge in [0.1, 0.15) is 0 Å². The maximum absolute atomic E-state index is 2.46. The molecule has 0 amide bonds. The largest absolute Gasteiger partial charge is 0.310 e. The van der Waals surface area contributed by atoms with E-state index >= 15 is 0 Å². The standard InChI is InChI=1S/C58H47N/c1-57(2)52-16-8-6-13-49(52)50-34-33-47(36-55(50)57)59(45-29-24-41(25-30-45)39-11-4-3-5-12-39)46-31-26-42(27-32-46)40-20-22-43(23-21-40)48-15-10-18-54-56(48)51-14-7-9-17-53(51)58(54)37-38-19-28-44(58)35-38/h3-18,20-27,29-34,36,38,44H,19,28,35,37H2,1-2H3. The van der Waals surface area contributed by atoms with E-state index in [1.165, 1.54) is 98.1 Å². The van der Waals surface area contributed by atoms with Crippen LogP contribution in [0.15, 0.2) is 188 Å². The predicted octanol–water partition coefficient (Wildman–Crippen LogP) is 15.6. The van der Waals surface area contributed by atoms with E-state index in [-0.39, 0.29) is 10.8 Å². The molecule has 4 aliphatic rings. The number of anilines is 3. The molecule has 0 aliphatic heterocycles. The van der Waals surface area contributed by atoms with Crippen LogP contribution >= 0.6 is 0 Å². The molecular formula is C58H47N. The van der Waals surface area contributed by atoms with Gasteiger partial charge in [0.15, 0.2) is 0 Å². The molecule has 0 heterocycles. The fraction of sp³-hybridized carbons (Fsp3) is 0.172. The molecule has 2 fully saturated rings. The van der Waals surface area contributed by atoms with Crippen molar-refractivity contribution in [3.8, 4) is 55.6 Å². The quantitative estimate of drug-likeness (QED) is 0.163. The second-order valence-electron chi connectivity index (χ2n) is 18.1. The highest BCUT2D eigenvalue weighted by molar-refractivity contribution is 5.93. The summed E-state index contributed by atoms with van der Waals surface area (Å²) in [4.78, 5) is 2.41. The van der Waals surface area contributed by atoms with Gasteiger partial charge in [-0.1, -0.05) is 172 Å². The van der Waals surface area contributed by atoms with Crippen LogP contribution in [0.4, 0.5) is 17.1 Å². The second-order valence-corrected chi connectivity index (χ2v) is 18.1. The molecule has 284 valence electrons. The first-order valence-electron chi connectivity index (χ1n) is 21.6. The zero-order chi connectivity index (χ0) is 39.3. The Morgan fingerprint density at radius 1 is 0.407 bits per heavy atom. The van der Waals surface area contributed by atoms with Crippen molar-refractivity contribution in [3.63, 3.8) is 0 Å². The highest BCUT2D eigenvalue weighted by Crippen LogP contribution is 2.66. The smallest absolute Gasteiger partial charge is 0.0465 e. The summed E-state index contributed by atoms with van der Waals surface area (Å²) in [6.45, 7) is 4.72. The van der Waals surface area contributed by atoms with Gasteiger partial charge in [0, 0.05) is 27.9 Å². The third-order valence-corrected chi connectivity index (χ3v) is 14.8. The average Bonchev–Trinajstić information content (AvgIpc) is 4.04. The van der Waals surface area contributed by atoms with Crippen molar-refractivity contribution in [1.29, 1.82) is 0 Å². The molecule has 1 heteroatoms. The number of fused-ring (bicyclic) bond motifs is 11. The molecule has 3 unspecified atom stereocenters. The Balaban J connectivity index is 0.896. The number of rotatable bonds is 6. The van der Waals surface area contributed by atoms with Crippen LogP contribution in [0.2, 0.25) is 0 Å². The van der Waals surface area contributed by atoms with Gasteiger partial charge in [0.25, 0.3) is 0 Å². The third kappa shape index (κ3) is 5.17. The first-order chi connectivity index (χ1) is 29.0. The van der Waals surface area contributed by atoms with Crippen molar-refractivity contribution < 1.29 is 0 Å². The van der Waals surface area contributed by atoms with E-state index in [1.807, 2.05) is 0 Å². The molecular weight excluding hydrogens is 711 g/mol. The summed E-state index contributed by atoms with van der Waals surface area (Å²) >= 11 is 0. The van der Waals surface area contributed by atoms with Crippen molar-refractivity contribution in [3.05, 3.63) is 210 Å². The Bertz CT molecular complexity index is 2900. The lowest BCUT2D eigenvalue weighted by atomic mass is 9.66. The number of benzene rings is 8. The molecule has 4 aliphatic carbocycles. The number of hydrogen-bond donors (Lipinski definition) is 0. The second kappa shape index (κ2) is 13.0. The molecule has 0 saturated heterocycles. The molecule has 0 aromatic heterocycles. The zero-order valence-corrected chi connectivity index (χ0v) is 33.8. The van der Waals surface area contributed by atoms with E-state index in [1.54, 1.807) is 11.1 Å². The maximum Gasteiger partial charge on any atom is 0.0465 e. The van der Waals surface area contributed by atoms with Gasteiger partial charge in [-0.15, -0.1) is 0 Å². The molecule has 1 spiro atoms. The van der Waals surface area contributed by atoms with Crippen LogP contribution in [0.1, 0.15) is 61.8 Å². The summed E-state index contributed by atoms with van der Waals surface area (Å²) in [7, 11) is 0. The summed E-state index contributed by atoms with van der Waals surface area (Å²) in [6.07, 6.45) is 5.49.